The van der Waals surface area contributed by atoms with Crippen LogP contribution in [0.3, 0.4) is 0 Å². The van der Waals surface area contributed by atoms with Gasteiger partial charge in [-0.2, -0.15) is 0 Å². The van der Waals surface area contributed by atoms with Gasteiger partial charge in [0.1, 0.15) is 0 Å². The fourth-order valence-electron chi connectivity index (χ4n) is 4.87. The van der Waals surface area contributed by atoms with Crippen LogP contribution in [-0.4, -0.2) is 25.5 Å². The molecule has 0 aromatic carbocycles. The largest absolute Gasteiger partial charge is 0.309 e. The van der Waals surface area contributed by atoms with E-state index in [0.29, 0.717) is 0 Å². The van der Waals surface area contributed by atoms with E-state index < -0.39 is 0 Å². The van der Waals surface area contributed by atoms with Crippen molar-refractivity contribution in [2.24, 2.45) is 5.92 Å². The molecule has 0 aliphatic heterocycles. The van der Waals surface area contributed by atoms with E-state index in [4.69, 9.17) is 0 Å². The van der Waals surface area contributed by atoms with Gasteiger partial charge in [-0.15, -0.1) is 11.8 Å². The molecule has 0 saturated carbocycles. The molecule has 0 bridgehead atoms. The molecule has 1 unspecified atom stereocenters. The van der Waals surface area contributed by atoms with Gasteiger partial charge in [0, 0.05) is 12.8 Å². The van der Waals surface area contributed by atoms with Crippen LogP contribution in [0, 0.1) is 17.8 Å². The predicted molar refractivity (Wildman–Crippen MR) is 161 cm³/mol. The molecule has 0 heterocycles. The molecule has 1 heteroatoms. The molecule has 0 rings (SSSR count). The smallest absolute Gasteiger partial charge is 0.0123 e. The molecule has 0 fully saturated rings. The average molecular weight is 488 g/mol. The lowest BCUT2D eigenvalue weighted by Crippen LogP contribution is -2.17. The maximum atomic E-state index is 3.32. The van der Waals surface area contributed by atoms with Crippen LogP contribution in [-0.2, 0) is 0 Å². The summed E-state index contributed by atoms with van der Waals surface area (Å²) >= 11 is 0. The molecule has 0 saturated heterocycles. The standard InChI is InChI=1S/C34H65N/c1-5-7-9-11-13-14-15-16-17-18-19-20-21-22-23-25-27-29-31-34(32-33-35(3)4)30-28-26-24-12-10-8-6-2/h17-18,34H,5-12,15-16,19-33H2,1-4H3/b18-17-. The van der Waals surface area contributed by atoms with Crippen molar-refractivity contribution in [1.82, 2.24) is 4.90 Å². The summed E-state index contributed by atoms with van der Waals surface area (Å²) in [5.74, 6) is 7.59. The Morgan fingerprint density at radius 2 is 1.00 bits per heavy atom. The molecule has 0 aliphatic carbocycles. The second-order valence-electron chi connectivity index (χ2n) is 11.2. The number of nitrogens with zero attached hydrogens (tertiary/aromatic N) is 1. The first kappa shape index (κ1) is 34.3. The van der Waals surface area contributed by atoms with E-state index in [2.05, 4.69) is 56.8 Å². The minimum Gasteiger partial charge on any atom is -0.309 e. The summed E-state index contributed by atoms with van der Waals surface area (Å²) in [7, 11) is 4.46. The zero-order valence-corrected chi connectivity index (χ0v) is 24.9. The summed E-state index contributed by atoms with van der Waals surface area (Å²) in [5, 5.41) is 0. The van der Waals surface area contributed by atoms with Gasteiger partial charge in [-0.25, -0.2) is 0 Å². The highest BCUT2D eigenvalue weighted by Gasteiger charge is 2.09. The van der Waals surface area contributed by atoms with Crippen LogP contribution < -0.4 is 0 Å². The lowest BCUT2D eigenvalue weighted by atomic mass is 9.91. The molecule has 1 atom stereocenters. The predicted octanol–water partition coefficient (Wildman–Crippen LogP) is 11.1. The van der Waals surface area contributed by atoms with Crippen molar-refractivity contribution in [2.45, 2.75) is 168 Å². The van der Waals surface area contributed by atoms with Gasteiger partial charge >= 0.3 is 0 Å². The topological polar surface area (TPSA) is 3.24 Å². The molecule has 0 aromatic heterocycles. The minimum atomic E-state index is 0.965. The minimum absolute atomic E-state index is 0.965. The highest BCUT2D eigenvalue weighted by Crippen LogP contribution is 2.22. The van der Waals surface area contributed by atoms with Crippen molar-refractivity contribution in [3.63, 3.8) is 0 Å². The molecule has 0 aromatic rings. The van der Waals surface area contributed by atoms with Gasteiger partial charge in [-0.3, -0.25) is 0 Å². The number of unbranched alkanes of at least 4 members (excludes halogenated alkanes) is 17. The highest BCUT2D eigenvalue weighted by atomic mass is 15.0. The van der Waals surface area contributed by atoms with E-state index in [1.165, 1.54) is 141 Å². The third-order valence-corrected chi connectivity index (χ3v) is 7.32. The number of hydrogen-bond acceptors (Lipinski definition) is 1. The van der Waals surface area contributed by atoms with E-state index in [1.54, 1.807) is 0 Å². The second kappa shape index (κ2) is 29.5. The monoisotopic (exact) mass is 488 g/mol. The molecular formula is C34H65N. The highest BCUT2D eigenvalue weighted by molar-refractivity contribution is 5.00. The first-order chi connectivity index (χ1) is 17.2. The number of hydrogen-bond donors (Lipinski definition) is 0. The number of rotatable bonds is 26. The van der Waals surface area contributed by atoms with E-state index in [0.717, 1.165) is 25.2 Å². The van der Waals surface area contributed by atoms with E-state index in [9.17, 15) is 0 Å². The zero-order valence-electron chi connectivity index (χ0n) is 24.9. The molecule has 0 aliphatic rings. The lowest BCUT2D eigenvalue weighted by Gasteiger charge is -2.19. The first-order valence-electron chi connectivity index (χ1n) is 16.0. The van der Waals surface area contributed by atoms with Crippen molar-refractivity contribution in [3.05, 3.63) is 12.2 Å². The number of allylic oxidation sites excluding steroid dienone is 2. The zero-order chi connectivity index (χ0) is 25.7. The molecule has 35 heavy (non-hydrogen) atoms. The fourth-order valence-corrected chi connectivity index (χ4v) is 4.87. The molecule has 0 N–H and O–H groups in total. The quantitative estimate of drug-likeness (QED) is 0.0666. The van der Waals surface area contributed by atoms with Gasteiger partial charge in [0.05, 0.1) is 0 Å². The van der Waals surface area contributed by atoms with E-state index in [1.807, 2.05) is 0 Å². The molecular weight excluding hydrogens is 422 g/mol. The van der Waals surface area contributed by atoms with Crippen LogP contribution in [0.25, 0.3) is 0 Å². The van der Waals surface area contributed by atoms with Gasteiger partial charge in [-0.1, -0.05) is 135 Å². The lowest BCUT2D eigenvalue weighted by molar-refractivity contribution is 0.314. The van der Waals surface area contributed by atoms with Crippen LogP contribution in [0.15, 0.2) is 12.2 Å². The molecule has 1 nitrogen and oxygen atoms in total. The molecule has 0 spiro atoms. The Labute approximate surface area is 223 Å². The summed E-state index contributed by atoms with van der Waals surface area (Å²) < 4.78 is 0. The van der Waals surface area contributed by atoms with Gasteiger partial charge in [-0.05, 0) is 58.7 Å². The summed E-state index contributed by atoms with van der Waals surface area (Å²) in [4.78, 5) is 2.37. The fraction of sp³-hybridized carbons (Fsp3) is 0.882. The third-order valence-electron chi connectivity index (χ3n) is 7.32. The Balaban J connectivity index is 3.61. The van der Waals surface area contributed by atoms with Crippen LogP contribution >= 0.6 is 0 Å². The first-order valence-corrected chi connectivity index (χ1v) is 16.0. The summed E-state index contributed by atoms with van der Waals surface area (Å²) in [6.07, 6.45) is 37.6. The van der Waals surface area contributed by atoms with Crippen molar-refractivity contribution >= 4 is 0 Å². The Bertz CT molecular complexity index is 481. The second-order valence-corrected chi connectivity index (χ2v) is 11.2. The normalized spacial score (nSPS) is 12.4. The summed E-state index contributed by atoms with van der Waals surface area (Å²) in [5.41, 5.74) is 0. The summed E-state index contributed by atoms with van der Waals surface area (Å²) in [6, 6.07) is 0. The van der Waals surface area contributed by atoms with Crippen LogP contribution in [0.4, 0.5) is 0 Å². The van der Waals surface area contributed by atoms with Crippen LogP contribution in [0.2, 0.25) is 0 Å². The van der Waals surface area contributed by atoms with Crippen LogP contribution in [0.5, 0.6) is 0 Å². The van der Waals surface area contributed by atoms with Crippen LogP contribution in [0.1, 0.15) is 168 Å². The third kappa shape index (κ3) is 29.4. The van der Waals surface area contributed by atoms with Crippen molar-refractivity contribution in [1.29, 1.82) is 0 Å². The Morgan fingerprint density at radius 1 is 0.514 bits per heavy atom. The maximum Gasteiger partial charge on any atom is 0.0123 e. The van der Waals surface area contributed by atoms with Crippen molar-refractivity contribution in [2.75, 3.05) is 20.6 Å². The van der Waals surface area contributed by atoms with E-state index >= 15 is 0 Å². The molecule has 0 amide bonds. The Morgan fingerprint density at radius 3 is 1.60 bits per heavy atom. The maximum absolute atomic E-state index is 3.32. The van der Waals surface area contributed by atoms with Crippen molar-refractivity contribution in [3.8, 4) is 11.8 Å². The SMILES string of the molecule is CCCCCC#CCC/C=C\CCCCCCCCCC(CCCCCCCCC)CCN(C)C. The van der Waals surface area contributed by atoms with Gasteiger partial charge in [0.15, 0.2) is 0 Å². The molecule has 206 valence electrons. The molecule has 0 radical (unpaired) electrons. The van der Waals surface area contributed by atoms with Crippen molar-refractivity contribution < 1.29 is 0 Å². The summed E-state index contributed by atoms with van der Waals surface area (Å²) in [6.45, 7) is 5.83. The van der Waals surface area contributed by atoms with E-state index in [-0.39, 0.29) is 0 Å². The van der Waals surface area contributed by atoms with Gasteiger partial charge < -0.3 is 4.90 Å². The van der Waals surface area contributed by atoms with Gasteiger partial charge in [0.2, 0.25) is 0 Å². The Hall–Kier alpha value is -0.740. The Kier molecular flexibility index (Phi) is 28.9. The average Bonchev–Trinajstić information content (AvgIpc) is 2.85. The van der Waals surface area contributed by atoms with Gasteiger partial charge in [0.25, 0.3) is 0 Å².